The first kappa shape index (κ1) is 17.2. The Morgan fingerprint density at radius 2 is 1.80 bits per heavy atom. The maximum absolute atomic E-state index is 12.1. The minimum Gasteiger partial charge on any atom is -0.349 e. The van der Waals surface area contributed by atoms with Crippen LogP contribution in [0.15, 0.2) is 30.3 Å². The van der Waals surface area contributed by atoms with Gasteiger partial charge in [-0.3, -0.25) is 4.79 Å². The highest BCUT2D eigenvalue weighted by atomic mass is 79.9. The van der Waals surface area contributed by atoms with Gasteiger partial charge in [0.05, 0.1) is 6.04 Å². The highest BCUT2D eigenvalue weighted by molar-refractivity contribution is 9.09. The van der Waals surface area contributed by atoms with Crippen LogP contribution >= 0.6 is 15.9 Å². The van der Waals surface area contributed by atoms with Gasteiger partial charge in [0.15, 0.2) is 0 Å². The van der Waals surface area contributed by atoms with Crippen LogP contribution in [0.2, 0.25) is 0 Å². The normalized spacial score (nSPS) is 12.4. The summed E-state index contributed by atoms with van der Waals surface area (Å²) in [6.45, 7) is 4.39. The molecular weight excluding hydrogens is 314 g/mol. The van der Waals surface area contributed by atoms with Crippen molar-refractivity contribution in [1.82, 2.24) is 5.32 Å². The second-order valence-corrected chi connectivity index (χ2v) is 5.97. The van der Waals surface area contributed by atoms with Crippen molar-refractivity contribution < 1.29 is 4.79 Å². The second kappa shape index (κ2) is 9.98. The van der Waals surface area contributed by atoms with Gasteiger partial charge in [-0.2, -0.15) is 0 Å². The molecule has 2 nitrogen and oxygen atoms in total. The van der Waals surface area contributed by atoms with E-state index in [9.17, 15) is 4.79 Å². The number of carbonyl (C=O) groups is 1. The minimum absolute atomic E-state index is 0.141. The molecule has 0 heterocycles. The molecule has 1 unspecified atom stereocenters. The molecule has 112 valence electrons. The predicted molar refractivity (Wildman–Crippen MR) is 89.0 cm³/mol. The molecule has 20 heavy (non-hydrogen) atoms. The molecule has 0 spiro atoms. The van der Waals surface area contributed by atoms with Gasteiger partial charge in [0, 0.05) is 11.8 Å². The van der Waals surface area contributed by atoms with Gasteiger partial charge in [0.2, 0.25) is 5.91 Å². The second-order valence-electron chi connectivity index (χ2n) is 5.18. The number of halogens is 1. The molecule has 0 radical (unpaired) electrons. The van der Waals surface area contributed by atoms with Crippen LogP contribution in [0.4, 0.5) is 0 Å². The van der Waals surface area contributed by atoms with Crippen molar-refractivity contribution in [3.8, 4) is 0 Å². The maximum atomic E-state index is 12.1. The van der Waals surface area contributed by atoms with Crippen molar-refractivity contribution >= 4 is 21.8 Å². The Morgan fingerprint density at radius 1 is 1.15 bits per heavy atom. The van der Waals surface area contributed by atoms with Crippen LogP contribution < -0.4 is 5.32 Å². The summed E-state index contributed by atoms with van der Waals surface area (Å²) in [5.74, 6) is 0.671. The zero-order valence-electron chi connectivity index (χ0n) is 12.6. The van der Waals surface area contributed by atoms with Crippen LogP contribution in [0.1, 0.15) is 57.6 Å². The lowest BCUT2D eigenvalue weighted by atomic mass is 9.88. The molecule has 1 atom stereocenters. The average Bonchev–Trinajstić information content (AvgIpc) is 2.48. The number of carbonyl (C=O) groups excluding carboxylic acids is 1. The Labute approximate surface area is 131 Å². The number of alkyl halides is 1. The first-order valence-electron chi connectivity index (χ1n) is 7.63. The van der Waals surface area contributed by atoms with E-state index in [1.54, 1.807) is 0 Å². The van der Waals surface area contributed by atoms with Crippen molar-refractivity contribution in [2.24, 2.45) is 5.92 Å². The van der Waals surface area contributed by atoms with Crippen molar-refractivity contribution in [3.63, 3.8) is 0 Å². The molecule has 3 heteroatoms. The topological polar surface area (TPSA) is 29.1 Å². The highest BCUT2D eigenvalue weighted by Gasteiger charge is 2.21. The molecule has 0 aromatic heterocycles. The van der Waals surface area contributed by atoms with E-state index in [4.69, 9.17) is 0 Å². The van der Waals surface area contributed by atoms with Crippen LogP contribution in [0.25, 0.3) is 0 Å². The maximum Gasteiger partial charge on any atom is 0.220 e. The number of rotatable bonds is 9. The van der Waals surface area contributed by atoms with Crippen molar-refractivity contribution in [1.29, 1.82) is 0 Å². The number of nitrogens with one attached hydrogen (secondary N) is 1. The molecule has 0 aliphatic rings. The van der Waals surface area contributed by atoms with E-state index in [0.29, 0.717) is 12.3 Å². The fourth-order valence-corrected chi connectivity index (χ4v) is 2.92. The number of amides is 1. The summed E-state index contributed by atoms with van der Waals surface area (Å²) >= 11 is 3.40. The number of hydrogen-bond acceptors (Lipinski definition) is 1. The average molecular weight is 340 g/mol. The molecule has 0 saturated heterocycles. The predicted octanol–water partition coefficient (Wildman–Crippen LogP) is 4.85. The van der Waals surface area contributed by atoms with Gasteiger partial charge < -0.3 is 5.32 Å². The third-order valence-corrected chi connectivity index (χ3v) is 4.34. The number of benzene rings is 1. The molecule has 0 bridgehead atoms. The summed E-state index contributed by atoms with van der Waals surface area (Å²) in [7, 11) is 0. The van der Waals surface area contributed by atoms with E-state index in [2.05, 4.69) is 47.2 Å². The van der Waals surface area contributed by atoms with E-state index < -0.39 is 0 Å². The van der Waals surface area contributed by atoms with Gasteiger partial charge in [0.25, 0.3) is 0 Å². The van der Waals surface area contributed by atoms with Crippen molar-refractivity contribution in [2.45, 2.75) is 52.0 Å². The van der Waals surface area contributed by atoms with E-state index in [1.165, 1.54) is 5.56 Å². The van der Waals surface area contributed by atoms with Gasteiger partial charge in [-0.05, 0) is 24.3 Å². The monoisotopic (exact) mass is 339 g/mol. The fraction of sp³-hybridized carbons (Fsp3) is 0.588. The van der Waals surface area contributed by atoms with Gasteiger partial charge in [-0.1, -0.05) is 73.0 Å². The molecule has 0 fully saturated rings. The Morgan fingerprint density at radius 3 is 2.35 bits per heavy atom. The number of hydrogen-bond donors (Lipinski definition) is 1. The Bertz CT molecular complexity index is 376. The van der Waals surface area contributed by atoms with Gasteiger partial charge >= 0.3 is 0 Å². The quantitative estimate of drug-likeness (QED) is 0.505. The molecule has 1 aromatic carbocycles. The summed E-state index contributed by atoms with van der Waals surface area (Å²) in [5.41, 5.74) is 1.22. The molecule has 1 amide bonds. The summed E-state index contributed by atoms with van der Waals surface area (Å²) in [5, 5.41) is 4.21. The largest absolute Gasteiger partial charge is 0.349 e. The molecule has 0 saturated carbocycles. The first-order chi connectivity index (χ1) is 9.72. The summed E-state index contributed by atoms with van der Waals surface area (Å²) in [4.78, 5) is 12.1. The molecule has 1 aromatic rings. The van der Waals surface area contributed by atoms with E-state index in [1.807, 2.05) is 18.2 Å². The zero-order valence-corrected chi connectivity index (χ0v) is 14.2. The Hall–Kier alpha value is -0.830. The van der Waals surface area contributed by atoms with Crippen LogP contribution in [-0.4, -0.2) is 11.2 Å². The molecular formula is C17H26BrNO. The van der Waals surface area contributed by atoms with Crippen molar-refractivity contribution in [3.05, 3.63) is 35.9 Å². The standard InChI is InChI=1S/C17H26BrNO/c1-3-14(4-2)17(15-10-6-5-7-11-15)19-16(20)12-8-9-13-18/h5-7,10-11,14,17H,3-4,8-9,12-13H2,1-2H3,(H,19,20). The third kappa shape index (κ3) is 5.66. The minimum atomic E-state index is 0.141. The first-order valence-corrected chi connectivity index (χ1v) is 8.75. The third-order valence-electron chi connectivity index (χ3n) is 3.78. The van der Waals surface area contributed by atoms with Gasteiger partial charge in [-0.25, -0.2) is 0 Å². The molecule has 0 aliphatic heterocycles. The molecule has 1 N–H and O–H groups in total. The van der Waals surface area contributed by atoms with E-state index in [-0.39, 0.29) is 11.9 Å². The van der Waals surface area contributed by atoms with Crippen molar-refractivity contribution in [2.75, 3.05) is 5.33 Å². The highest BCUT2D eigenvalue weighted by Crippen LogP contribution is 2.27. The SMILES string of the molecule is CCC(CC)C(NC(=O)CCCCBr)c1ccccc1. The lowest BCUT2D eigenvalue weighted by Crippen LogP contribution is -2.33. The smallest absolute Gasteiger partial charge is 0.220 e. The fourth-order valence-electron chi connectivity index (χ4n) is 2.52. The van der Waals surface area contributed by atoms with Crippen LogP contribution in [0.3, 0.4) is 0 Å². The van der Waals surface area contributed by atoms with Crippen LogP contribution in [0, 0.1) is 5.92 Å². The Kier molecular flexibility index (Phi) is 8.59. The summed E-state index contributed by atoms with van der Waals surface area (Å²) < 4.78 is 0. The van der Waals surface area contributed by atoms with E-state index in [0.717, 1.165) is 31.0 Å². The van der Waals surface area contributed by atoms with Crippen LogP contribution in [0.5, 0.6) is 0 Å². The Balaban J connectivity index is 2.71. The summed E-state index contributed by atoms with van der Waals surface area (Å²) in [6, 6.07) is 10.5. The molecule has 0 aliphatic carbocycles. The number of unbranched alkanes of at least 4 members (excludes halogenated alkanes) is 1. The van der Waals surface area contributed by atoms with Crippen LogP contribution in [-0.2, 0) is 4.79 Å². The zero-order chi connectivity index (χ0) is 14.8. The lowest BCUT2D eigenvalue weighted by Gasteiger charge is -2.27. The molecule has 1 rings (SSSR count). The van der Waals surface area contributed by atoms with E-state index >= 15 is 0 Å². The van der Waals surface area contributed by atoms with Gasteiger partial charge in [0.1, 0.15) is 0 Å². The summed E-state index contributed by atoms with van der Waals surface area (Å²) in [6.07, 6.45) is 4.78. The van der Waals surface area contributed by atoms with Gasteiger partial charge in [-0.15, -0.1) is 0 Å². The lowest BCUT2D eigenvalue weighted by molar-refractivity contribution is -0.122.